The van der Waals surface area contributed by atoms with Crippen molar-refractivity contribution >= 4 is 12.0 Å². The molecule has 1 atom stereocenters. The van der Waals surface area contributed by atoms with Crippen molar-refractivity contribution < 1.29 is 14.3 Å². The molecule has 0 saturated carbocycles. The Morgan fingerprint density at radius 3 is 2.66 bits per heavy atom. The molecule has 156 valence electrons. The molecule has 2 heterocycles. The summed E-state index contributed by atoms with van der Waals surface area (Å²) in [5, 5.41) is 3.03. The molecule has 3 rings (SSSR count). The summed E-state index contributed by atoms with van der Waals surface area (Å²) in [5.74, 6) is -0.373. The van der Waals surface area contributed by atoms with Gasteiger partial charge in [-0.2, -0.15) is 0 Å². The van der Waals surface area contributed by atoms with Gasteiger partial charge in [0.2, 0.25) is 0 Å². The Morgan fingerprint density at radius 1 is 1.28 bits per heavy atom. The van der Waals surface area contributed by atoms with E-state index < -0.39 is 6.04 Å². The molecule has 0 aliphatic carbocycles. The Bertz CT molecular complexity index is 796. The van der Waals surface area contributed by atoms with Crippen molar-refractivity contribution in [3.05, 3.63) is 59.3 Å². The van der Waals surface area contributed by atoms with Gasteiger partial charge in [-0.15, -0.1) is 6.58 Å². The molecule has 1 fully saturated rings. The number of aryl methyl sites for hydroxylation is 1. The summed E-state index contributed by atoms with van der Waals surface area (Å²) in [6, 6.07) is 7.10. The van der Waals surface area contributed by atoms with Crippen LogP contribution in [0.4, 0.5) is 4.79 Å². The first-order chi connectivity index (χ1) is 14.1. The van der Waals surface area contributed by atoms with Gasteiger partial charge < -0.3 is 10.1 Å². The van der Waals surface area contributed by atoms with E-state index in [-0.39, 0.29) is 18.6 Å². The molecule has 1 aromatic carbocycles. The van der Waals surface area contributed by atoms with Crippen LogP contribution in [0.2, 0.25) is 0 Å². The van der Waals surface area contributed by atoms with Crippen LogP contribution in [0.3, 0.4) is 0 Å². The fourth-order valence-corrected chi connectivity index (χ4v) is 4.12. The van der Waals surface area contributed by atoms with Crippen molar-refractivity contribution in [3.63, 3.8) is 0 Å². The van der Waals surface area contributed by atoms with Gasteiger partial charge in [-0.3, -0.25) is 9.80 Å². The maximum atomic E-state index is 13.1. The second kappa shape index (κ2) is 9.74. The normalized spacial score (nSPS) is 20.4. The van der Waals surface area contributed by atoms with Crippen LogP contribution in [0.25, 0.3) is 0 Å². The lowest BCUT2D eigenvalue weighted by molar-refractivity contribution is -0.139. The Morgan fingerprint density at radius 2 is 2.00 bits per heavy atom. The Hall–Kier alpha value is -2.60. The fourth-order valence-electron chi connectivity index (χ4n) is 4.12. The highest BCUT2D eigenvalue weighted by molar-refractivity contribution is 5.95. The number of carbonyl (C=O) groups excluding carboxylic acids is 2. The lowest BCUT2D eigenvalue weighted by atomic mass is 9.91. The molecule has 29 heavy (non-hydrogen) atoms. The summed E-state index contributed by atoms with van der Waals surface area (Å²) in [4.78, 5) is 30.1. The first-order valence-corrected chi connectivity index (χ1v) is 10.4. The van der Waals surface area contributed by atoms with Crippen molar-refractivity contribution in [1.82, 2.24) is 15.1 Å². The number of amides is 2. The molecule has 6 nitrogen and oxygen atoms in total. The fraction of sp³-hybridized carbons (Fsp3) is 0.478. The number of likely N-dealkylation sites (tertiary alicyclic amines) is 1. The van der Waals surface area contributed by atoms with E-state index in [1.807, 2.05) is 31.2 Å². The van der Waals surface area contributed by atoms with Gasteiger partial charge in [0.1, 0.15) is 0 Å². The van der Waals surface area contributed by atoms with Crippen molar-refractivity contribution in [2.45, 2.75) is 39.2 Å². The van der Waals surface area contributed by atoms with E-state index in [9.17, 15) is 9.59 Å². The average Bonchev–Trinajstić information content (AvgIpc) is 2.71. The quantitative estimate of drug-likeness (QED) is 0.565. The molecule has 1 N–H and O–H groups in total. The third-order valence-electron chi connectivity index (χ3n) is 5.57. The molecule has 2 aliphatic heterocycles. The van der Waals surface area contributed by atoms with Crippen LogP contribution in [0.15, 0.2) is 48.2 Å². The number of piperidine rings is 1. The molecule has 0 radical (unpaired) electrons. The highest BCUT2D eigenvalue weighted by atomic mass is 16.5. The lowest BCUT2D eigenvalue weighted by Gasteiger charge is -2.39. The van der Waals surface area contributed by atoms with Crippen molar-refractivity contribution in [2.75, 3.05) is 32.8 Å². The summed E-state index contributed by atoms with van der Waals surface area (Å²) in [7, 11) is 0. The Balaban J connectivity index is 2.11. The van der Waals surface area contributed by atoms with Gasteiger partial charge in [0.25, 0.3) is 0 Å². The number of nitrogens with one attached hydrogen (secondary N) is 1. The van der Waals surface area contributed by atoms with Crippen LogP contribution in [0.1, 0.15) is 43.4 Å². The van der Waals surface area contributed by atoms with Gasteiger partial charge in [0.05, 0.1) is 18.2 Å². The zero-order valence-corrected chi connectivity index (χ0v) is 17.4. The second-order valence-electron chi connectivity index (χ2n) is 7.56. The number of ether oxygens (including phenoxy) is 1. The molecule has 1 saturated heterocycles. The first kappa shape index (κ1) is 21.1. The topological polar surface area (TPSA) is 61.9 Å². The van der Waals surface area contributed by atoms with E-state index in [0.29, 0.717) is 18.7 Å². The molecule has 1 aromatic rings. The number of benzene rings is 1. The van der Waals surface area contributed by atoms with Crippen LogP contribution in [0, 0.1) is 6.92 Å². The highest BCUT2D eigenvalue weighted by Crippen LogP contribution is 2.33. The van der Waals surface area contributed by atoms with Gasteiger partial charge in [0.15, 0.2) is 0 Å². The van der Waals surface area contributed by atoms with Gasteiger partial charge >= 0.3 is 12.0 Å². The SMILES string of the molecule is C=CCN1C(=O)NC(c2ccccc2C)C(C(=O)OCC)=C1CN1CCCCC1. The van der Waals surface area contributed by atoms with E-state index in [2.05, 4.69) is 16.8 Å². The maximum absolute atomic E-state index is 13.1. The molecule has 0 spiro atoms. The number of nitrogens with zero attached hydrogens (tertiary/aromatic N) is 2. The highest BCUT2D eigenvalue weighted by Gasteiger charge is 2.38. The number of carbonyl (C=O) groups is 2. The summed E-state index contributed by atoms with van der Waals surface area (Å²) in [6.07, 6.45) is 5.18. The van der Waals surface area contributed by atoms with Crippen molar-refractivity contribution in [2.24, 2.45) is 0 Å². The van der Waals surface area contributed by atoms with Crippen LogP contribution in [0.5, 0.6) is 0 Å². The molecule has 0 bridgehead atoms. The van der Waals surface area contributed by atoms with Gasteiger partial charge in [-0.05, 0) is 50.9 Å². The van der Waals surface area contributed by atoms with Crippen molar-refractivity contribution in [1.29, 1.82) is 0 Å². The van der Waals surface area contributed by atoms with E-state index in [1.54, 1.807) is 17.9 Å². The van der Waals surface area contributed by atoms with E-state index in [0.717, 1.165) is 42.8 Å². The third kappa shape index (κ3) is 4.70. The summed E-state index contributed by atoms with van der Waals surface area (Å²) >= 11 is 0. The average molecular weight is 398 g/mol. The van der Waals surface area contributed by atoms with Gasteiger partial charge in [-0.25, -0.2) is 9.59 Å². The van der Waals surface area contributed by atoms with E-state index in [1.165, 1.54) is 6.42 Å². The molecule has 0 aromatic heterocycles. The largest absolute Gasteiger partial charge is 0.463 e. The Kier molecular flexibility index (Phi) is 7.09. The monoisotopic (exact) mass is 397 g/mol. The predicted octanol–water partition coefficient (Wildman–Crippen LogP) is 3.55. The molecular weight excluding hydrogens is 366 g/mol. The lowest BCUT2D eigenvalue weighted by Crippen LogP contribution is -2.51. The molecule has 2 amide bonds. The smallest absolute Gasteiger partial charge is 0.338 e. The van der Waals surface area contributed by atoms with E-state index in [4.69, 9.17) is 4.74 Å². The van der Waals surface area contributed by atoms with Gasteiger partial charge in [0, 0.05) is 18.8 Å². The summed E-state index contributed by atoms with van der Waals surface area (Å²) < 4.78 is 5.43. The molecular formula is C23H31N3O3. The molecule has 1 unspecified atom stereocenters. The van der Waals surface area contributed by atoms with Crippen LogP contribution >= 0.6 is 0 Å². The minimum atomic E-state index is -0.524. The van der Waals surface area contributed by atoms with Gasteiger partial charge in [-0.1, -0.05) is 36.8 Å². The van der Waals surface area contributed by atoms with Crippen LogP contribution in [-0.2, 0) is 9.53 Å². The summed E-state index contributed by atoms with van der Waals surface area (Å²) in [5.41, 5.74) is 3.18. The zero-order valence-electron chi connectivity index (χ0n) is 17.4. The number of hydrogen-bond acceptors (Lipinski definition) is 4. The number of hydrogen-bond donors (Lipinski definition) is 1. The first-order valence-electron chi connectivity index (χ1n) is 10.4. The minimum Gasteiger partial charge on any atom is -0.463 e. The molecule has 6 heteroatoms. The second-order valence-corrected chi connectivity index (χ2v) is 7.56. The Labute approximate surface area is 173 Å². The van der Waals surface area contributed by atoms with E-state index >= 15 is 0 Å². The minimum absolute atomic E-state index is 0.210. The standard InChI is InChI=1S/C23H31N3O3/c1-4-13-26-19(16-25-14-9-6-10-15-25)20(22(27)29-5-2)21(24-23(26)28)18-12-8-7-11-17(18)3/h4,7-8,11-12,21H,1,5-6,9-10,13-16H2,2-3H3,(H,24,28). The predicted molar refractivity (Wildman–Crippen MR) is 113 cm³/mol. The zero-order chi connectivity index (χ0) is 20.8. The van der Waals surface area contributed by atoms with Crippen LogP contribution < -0.4 is 5.32 Å². The molecule has 2 aliphatic rings. The number of rotatable bonds is 7. The number of esters is 1. The summed E-state index contributed by atoms with van der Waals surface area (Å²) in [6.45, 7) is 10.7. The number of urea groups is 1. The van der Waals surface area contributed by atoms with Crippen LogP contribution in [-0.4, -0.2) is 54.6 Å². The maximum Gasteiger partial charge on any atom is 0.338 e. The van der Waals surface area contributed by atoms with Crippen molar-refractivity contribution in [3.8, 4) is 0 Å². The third-order valence-corrected chi connectivity index (χ3v) is 5.57.